The first kappa shape index (κ1) is 11.0. The summed E-state index contributed by atoms with van der Waals surface area (Å²) in [5.41, 5.74) is 0. The first-order valence-corrected chi connectivity index (χ1v) is 4.49. The van der Waals surface area contributed by atoms with Gasteiger partial charge in [-0.15, -0.1) is 0 Å². The molecule has 0 aromatic carbocycles. The van der Waals surface area contributed by atoms with Gasteiger partial charge in [-0.25, -0.2) is 0 Å². The monoisotopic (exact) mass is 180 g/mol. The van der Waals surface area contributed by atoms with Gasteiger partial charge in [-0.1, -0.05) is 0 Å². The van der Waals surface area contributed by atoms with Gasteiger partial charge in [0, 0.05) is 37.4 Å². The highest BCUT2D eigenvalue weighted by atomic mass is 32.2. The van der Waals surface area contributed by atoms with E-state index >= 15 is 0 Å². The van der Waals surface area contributed by atoms with Crippen molar-refractivity contribution >= 4 is 11.3 Å². The zero-order valence-corrected chi connectivity index (χ0v) is 7.39. The van der Waals surface area contributed by atoms with E-state index in [-0.39, 0.29) is 0 Å². The summed E-state index contributed by atoms with van der Waals surface area (Å²) in [5.74, 6) is 0. The van der Waals surface area contributed by atoms with Crippen molar-refractivity contribution in [2.75, 3.05) is 33.2 Å². The molecule has 0 aliphatic carbocycles. The second-order valence-corrected chi connectivity index (χ2v) is 2.83. The fraction of sp³-hybridized carbons (Fsp3) is 1.00. The van der Waals surface area contributed by atoms with Crippen LogP contribution >= 0.6 is 0 Å². The minimum absolute atomic E-state index is 1.16. The van der Waals surface area contributed by atoms with Crippen LogP contribution in [0, 0.1) is 0 Å². The normalized spacial score (nSPS) is 21.7. The number of rotatable bonds is 0. The van der Waals surface area contributed by atoms with Gasteiger partial charge in [0.1, 0.15) is 0 Å². The Labute approximate surface area is 69.4 Å². The average molecular weight is 180 g/mol. The van der Waals surface area contributed by atoms with Crippen LogP contribution in [0.3, 0.4) is 0 Å². The van der Waals surface area contributed by atoms with Crippen LogP contribution in [0.1, 0.15) is 0 Å². The topological polar surface area (TPSA) is 81.4 Å². The zero-order chi connectivity index (χ0) is 8.69. The first-order valence-electron chi connectivity index (χ1n) is 3.36. The van der Waals surface area contributed by atoms with Crippen molar-refractivity contribution < 1.29 is 8.76 Å². The smallest absolute Gasteiger partial charge is 0.0152 e. The van der Waals surface area contributed by atoms with Crippen LogP contribution < -0.4 is 10.5 Å². The third-order valence-electron chi connectivity index (χ3n) is 1.34. The maximum Gasteiger partial charge on any atom is 0.0152 e. The summed E-state index contributed by atoms with van der Waals surface area (Å²) in [6.45, 7) is 4.74. The predicted octanol–water partition coefficient (Wildman–Crippen LogP) is -1.74. The van der Waals surface area contributed by atoms with Crippen molar-refractivity contribution in [3.63, 3.8) is 0 Å². The Bertz CT molecular complexity index is 112. The van der Waals surface area contributed by atoms with Gasteiger partial charge in [0.2, 0.25) is 0 Å². The quantitative estimate of drug-likeness (QED) is 0.434. The average Bonchev–Trinajstić information content (AvgIpc) is 1.87. The summed E-state index contributed by atoms with van der Waals surface area (Å²) < 4.78 is 17.6. The van der Waals surface area contributed by atoms with Gasteiger partial charge >= 0.3 is 0 Å². The first-order chi connectivity index (χ1) is 5.13. The molecule has 0 saturated carbocycles. The standard InChI is InChI=1S/C5H12N2.H3NO2S/c1-7-4-2-6-3-5-7;1-4(2)3/h6H,2-5H2,1H3;1H2,(H,2,3)/p-1. The molecular formula is C5H14N3O2S-. The largest absolute Gasteiger partial charge is 0.760 e. The van der Waals surface area contributed by atoms with E-state index < -0.39 is 11.3 Å². The molecule has 68 valence electrons. The highest BCUT2D eigenvalue weighted by Crippen LogP contribution is 1.82. The molecule has 1 fully saturated rings. The number of nitrogens with two attached hydrogens (primary N) is 1. The Hall–Kier alpha value is -0.0100. The highest BCUT2D eigenvalue weighted by Gasteiger charge is 2.01. The lowest BCUT2D eigenvalue weighted by molar-refractivity contribution is 0.291. The van der Waals surface area contributed by atoms with Crippen LogP contribution in [-0.4, -0.2) is 46.9 Å². The molecule has 11 heavy (non-hydrogen) atoms. The molecule has 0 amide bonds. The summed E-state index contributed by atoms with van der Waals surface area (Å²) in [7, 11) is 2.15. The Morgan fingerprint density at radius 1 is 1.55 bits per heavy atom. The molecule has 1 aliphatic heterocycles. The van der Waals surface area contributed by atoms with E-state index in [2.05, 4.69) is 22.4 Å². The Kier molecular flexibility index (Phi) is 6.68. The van der Waals surface area contributed by atoms with Crippen LogP contribution in [0.25, 0.3) is 0 Å². The van der Waals surface area contributed by atoms with Crippen molar-refractivity contribution in [2.24, 2.45) is 5.14 Å². The molecule has 3 N–H and O–H groups in total. The van der Waals surface area contributed by atoms with Crippen LogP contribution in [0.2, 0.25) is 0 Å². The Balaban J connectivity index is 0.000000218. The second kappa shape index (κ2) is 6.68. The minimum Gasteiger partial charge on any atom is -0.760 e. The SMILES string of the molecule is CN1CCNCC1.NS(=O)[O-]. The fourth-order valence-corrected chi connectivity index (χ4v) is 0.777. The molecule has 1 heterocycles. The van der Waals surface area contributed by atoms with Crippen LogP contribution in [0.4, 0.5) is 0 Å². The van der Waals surface area contributed by atoms with E-state index in [0.29, 0.717) is 0 Å². The van der Waals surface area contributed by atoms with Crippen molar-refractivity contribution in [1.29, 1.82) is 0 Å². The lowest BCUT2D eigenvalue weighted by Crippen LogP contribution is -2.40. The molecule has 1 aliphatic rings. The summed E-state index contributed by atoms with van der Waals surface area (Å²) >= 11 is -2.36. The van der Waals surface area contributed by atoms with E-state index in [4.69, 9.17) is 8.76 Å². The van der Waals surface area contributed by atoms with E-state index in [9.17, 15) is 0 Å². The summed E-state index contributed by atoms with van der Waals surface area (Å²) in [4.78, 5) is 2.33. The van der Waals surface area contributed by atoms with E-state index in [1.54, 1.807) is 0 Å². The molecular weight excluding hydrogens is 166 g/mol. The number of hydrogen-bond donors (Lipinski definition) is 2. The number of nitrogens with one attached hydrogen (secondary N) is 1. The molecule has 1 unspecified atom stereocenters. The van der Waals surface area contributed by atoms with Crippen molar-refractivity contribution in [3.8, 4) is 0 Å². The van der Waals surface area contributed by atoms with Gasteiger partial charge < -0.3 is 14.8 Å². The molecule has 0 aromatic heterocycles. The highest BCUT2D eigenvalue weighted by molar-refractivity contribution is 7.76. The Morgan fingerprint density at radius 3 is 2.09 bits per heavy atom. The molecule has 0 aromatic rings. The van der Waals surface area contributed by atoms with Gasteiger partial charge in [-0.05, 0) is 7.05 Å². The summed E-state index contributed by atoms with van der Waals surface area (Å²) in [5, 5.41) is 7.30. The lowest BCUT2D eigenvalue weighted by atomic mass is 10.4. The van der Waals surface area contributed by atoms with Gasteiger partial charge in [0.25, 0.3) is 0 Å². The third kappa shape index (κ3) is 9.99. The second-order valence-electron chi connectivity index (χ2n) is 2.31. The van der Waals surface area contributed by atoms with Crippen molar-refractivity contribution in [3.05, 3.63) is 0 Å². The minimum atomic E-state index is -2.36. The lowest BCUT2D eigenvalue weighted by Gasteiger charge is -2.21. The van der Waals surface area contributed by atoms with Gasteiger partial charge in [0.05, 0.1) is 0 Å². The number of likely N-dealkylation sites (N-methyl/N-ethyl adjacent to an activating group) is 1. The summed E-state index contributed by atoms with van der Waals surface area (Å²) in [6, 6.07) is 0. The fourth-order valence-electron chi connectivity index (χ4n) is 0.777. The molecule has 1 saturated heterocycles. The molecule has 1 atom stereocenters. The van der Waals surface area contributed by atoms with Gasteiger partial charge in [-0.2, -0.15) is 0 Å². The van der Waals surface area contributed by atoms with E-state index in [1.165, 1.54) is 13.1 Å². The Morgan fingerprint density at radius 2 is 1.91 bits per heavy atom. The van der Waals surface area contributed by atoms with Crippen molar-refractivity contribution in [1.82, 2.24) is 10.2 Å². The molecule has 0 spiro atoms. The van der Waals surface area contributed by atoms with Crippen LogP contribution in [0.5, 0.6) is 0 Å². The zero-order valence-electron chi connectivity index (χ0n) is 6.58. The van der Waals surface area contributed by atoms with E-state index in [1.807, 2.05) is 0 Å². The summed E-state index contributed by atoms with van der Waals surface area (Å²) in [6.07, 6.45) is 0. The predicted molar refractivity (Wildman–Crippen MR) is 43.5 cm³/mol. The van der Waals surface area contributed by atoms with Crippen LogP contribution in [0.15, 0.2) is 0 Å². The molecule has 5 nitrogen and oxygen atoms in total. The van der Waals surface area contributed by atoms with Gasteiger partial charge in [-0.3, -0.25) is 9.35 Å². The van der Waals surface area contributed by atoms with Gasteiger partial charge in [0.15, 0.2) is 0 Å². The maximum absolute atomic E-state index is 8.78. The number of nitrogens with zero attached hydrogens (tertiary/aromatic N) is 1. The molecule has 1 rings (SSSR count). The van der Waals surface area contributed by atoms with E-state index in [0.717, 1.165) is 13.1 Å². The molecule has 0 radical (unpaired) electrons. The maximum atomic E-state index is 8.78. The number of hydrogen-bond acceptors (Lipinski definition) is 4. The third-order valence-corrected chi connectivity index (χ3v) is 1.34. The number of piperazine rings is 1. The molecule has 6 heteroatoms. The van der Waals surface area contributed by atoms with Crippen LogP contribution in [-0.2, 0) is 11.3 Å². The van der Waals surface area contributed by atoms with Crippen molar-refractivity contribution in [2.45, 2.75) is 0 Å². The molecule has 0 bridgehead atoms.